The molecule has 120 valence electrons. The van der Waals surface area contributed by atoms with Gasteiger partial charge in [0, 0.05) is 43.3 Å². The van der Waals surface area contributed by atoms with Gasteiger partial charge in [-0.05, 0) is 44.1 Å². The molecule has 2 aromatic rings. The predicted molar refractivity (Wildman–Crippen MR) is 84.9 cm³/mol. The first-order valence-electron chi connectivity index (χ1n) is 8.39. The summed E-state index contributed by atoms with van der Waals surface area (Å²) in [6.45, 7) is 1.62. The predicted octanol–water partition coefficient (Wildman–Crippen LogP) is 2.17. The maximum absolute atomic E-state index is 12.7. The van der Waals surface area contributed by atoms with E-state index in [4.69, 9.17) is 0 Å². The van der Waals surface area contributed by atoms with Crippen LogP contribution < -0.4 is 0 Å². The summed E-state index contributed by atoms with van der Waals surface area (Å²) >= 11 is 0. The van der Waals surface area contributed by atoms with Gasteiger partial charge < -0.3 is 4.90 Å². The number of nitrogens with one attached hydrogen (secondary N) is 1. The third-order valence-corrected chi connectivity index (χ3v) is 4.73. The minimum absolute atomic E-state index is 0.0571. The first-order chi connectivity index (χ1) is 11.3. The lowest BCUT2D eigenvalue weighted by molar-refractivity contribution is 0.0672. The smallest absolute Gasteiger partial charge is 0.256 e. The summed E-state index contributed by atoms with van der Waals surface area (Å²) in [5, 5.41) is 7.00. The molecule has 1 aliphatic heterocycles. The molecule has 1 N–H and O–H groups in total. The number of carbonyl (C=O) groups is 1. The van der Waals surface area contributed by atoms with Crippen LogP contribution in [0, 0.1) is 5.92 Å². The van der Waals surface area contributed by atoms with E-state index < -0.39 is 0 Å². The van der Waals surface area contributed by atoms with Gasteiger partial charge in [0.2, 0.25) is 0 Å². The number of hydrogen-bond acceptors (Lipinski definition) is 4. The van der Waals surface area contributed by atoms with Gasteiger partial charge in [-0.15, -0.1) is 0 Å². The van der Waals surface area contributed by atoms with E-state index in [0.717, 1.165) is 43.9 Å². The molecule has 4 rings (SSSR count). The summed E-state index contributed by atoms with van der Waals surface area (Å²) in [4.78, 5) is 23.3. The average Bonchev–Trinajstić information content (AvgIpc) is 3.33. The Morgan fingerprint density at radius 2 is 2.09 bits per heavy atom. The number of likely N-dealkylation sites (tertiary alicyclic amines) is 1. The zero-order chi connectivity index (χ0) is 15.6. The van der Waals surface area contributed by atoms with Crippen LogP contribution in [0.15, 0.2) is 24.7 Å². The standard InChI is InChI=1S/C17H21N5O/c23-17(14-9-18-16(19-10-14)13-3-4-13)22-7-1-2-12(11-22)8-15-5-6-20-21-15/h5-6,9-10,12-13H,1-4,7-8,11H2,(H,20,21)/t12-/m1/s1. The highest BCUT2D eigenvalue weighted by atomic mass is 16.2. The fourth-order valence-electron chi connectivity index (χ4n) is 3.31. The van der Waals surface area contributed by atoms with Crippen LogP contribution in [-0.2, 0) is 6.42 Å². The summed E-state index contributed by atoms with van der Waals surface area (Å²) in [6, 6.07) is 2.01. The van der Waals surface area contributed by atoms with Crippen LogP contribution in [0.25, 0.3) is 0 Å². The van der Waals surface area contributed by atoms with E-state index in [-0.39, 0.29) is 5.91 Å². The van der Waals surface area contributed by atoms with Crippen molar-refractivity contribution in [3.05, 3.63) is 41.7 Å². The highest BCUT2D eigenvalue weighted by Gasteiger charge is 2.28. The van der Waals surface area contributed by atoms with Crippen molar-refractivity contribution >= 4 is 5.91 Å². The molecule has 1 amide bonds. The first kappa shape index (κ1) is 14.4. The van der Waals surface area contributed by atoms with E-state index in [0.29, 0.717) is 17.4 Å². The number of aromatic amines is 1. The lowest BCUT2D eigenvalue weighted by Gasteiger charge is -2.32. The monoisotopic (exact) mass is 311 g/mol. The van der Waals surface area contributed by atoms with Crippen LogP contribution in [0.5, 0.6) is 0 Å². The van der Waals surface area contributed by atoms with Crippen LogP contribution in [0.3, 0.4) is 0 Å². The van der Waals surface area contributed by atoms with Crippen LogP contribution in [0.2, 0.25) is 0 Å². The summed E-state index contributed by atoms with van der Waals surface area (Å²) in [5.74, 6) is 1.95. The molecule has 1 saturated carbocycles. The molecule has 3 heterocycles. The van der Waals surface area contributed by atoms with Crippen molar-refractivity contribution in [2.24, 2.45) is 5.92 Å². The molecule has 0 spiro atoms. The molecule has 1 saturated heterocycles. The van der Waals surface area contributed by atoms with Gasteiger partial charge in [-0.25, -0.2) is 9.97 Å². The van der Waals surface area contributed by atoms with Crippen molar-refractivity contribution in [3.63, 3.8) is 0 Å². The third kappa shape index (κ3) is 3.25. The normalized spacial score (nSPS) is 21.4. The highest BCUT2D eigenvalue weighted by molar-refractivity contribution is 5.93. The minimum Gasteiger partial charge on any atom is -0.338 e. The fraction of sp³-hybridized carbons (Fsp3) is 0.529. The van der Waals surface area contributed by atoms with Crippen molar-refractivity contribution in [2.45, 2.75) is 38.0 Å². The summed E-state index contributed by atoms with van der Waals surface area (Å²) in [7, 11) is 0. The second kappa shape index (κ2) is 6.10. The molecule has 0 bridgehead atoms. The zero-order valence-electron chi connectivity index (χ0n) is 13.1. The van der Waals surface area contributed by atoms with E-state index in [1.54, 1.807) is 18.6 Å². The number of rotatable bonds is 4. The van der Waals surface area contributed by atoms with Gasteiger partial charge in [-0.2, -0.15) is 5.10 Å². The Bertz CT molecular complexity index is 663. The number of amides is 1. The quantitative estimate of drug-likeness (QED) is 0.939. The zero-order valence-corrected chi connectivity index (χ0v) is 13.1. The van der Waals surface area contributed by atoms with Gasteiger partial charge in [-0.3, -0.25) is 9.89 Å². The number of aromatic nitrogens is 4. The minimum atomic E-state index is 0.0571. The molecule has 0 unspecified atom stereocenters. The maximum Gasteiger partial charge on any atom is 0.256 e. The summed E-state index contributed by atoms with van der Waals surface area (Å²) < 4.78 is 0. The van der Waals surface area contributed by atoms with Crippen molar-refractivity contribution in [2.75, 3.05) is 13.1 Å². The Morgan fingerprint density at radius 3 is 2.78 bits per heavy atom. The van der Waals surface area contributed by atoms with Crippen LogP contribution in [-0.4, -0.2) is 44.1 Å². The topological polar surface area (TPSA) is 74.8 Å². The molecule has 1 aliphatic carbocycles. The van der Waals surface area contributed by atoms with E-state index in [9.17, 15) is 4.79 Å². The molecule has 0 aromatic carbocycles. The molecular weight excluding hydrogens is 290 g/mol. The number of carbonyl (C=O) groups excluding carboxylic acids is 1. The third-order valence-electron chi connectivity index (χ3n) is 4.73. The Balaban J connectivity index is 1.40. The molecule has 0 radical (unpaired) electrons. The van der Waals surface area contributed by atoms with Crippen molar-refractivity contribution in [3.8, 4) is 0 Å². The number of hydrogen-bond donors (Lipinski definition) is 1. The van der Waals surface area contributed by atoms with Gasteiger partial charge >= 0.3 is 0 Å². The van der Waals surface area contributed by atoms with E-state index in [1.807, 2.05) is 11.0 Å². The van der Waals surface area contributed by atoms with Gasteiger partial charge in [0.15, 0.2) is 0 Å². The second-order valence-electron chi connectivity index (χ2n) is 6.65. The Labute approximate surface area is 135 Å². The fourth-order valence-corrected chi connectivity index (χ4v) is 3.31. The van der Waals surface area contributed by atoms with Gasteiger partial charge in [-0.1, -0.05) is 0 Å². The van der Waals surface area contributed by atoms with Crippen molar-refractivity contribution in [1.82, 2.24) is 25.1 Å². The van der Waals surface area contributed by atoms with Crippen LogP contribution in [0.4, 0.5) is 0 Å². The first-order valence-corrected chi connectivity index (χ1v) is 8.39. The lowest BCUT2D eigenvalue weighted by Crippen LogP contribution is -2.40. The van der Waals surface area contributed by atoms with Gasteiger partial charge in [0.25, 0.3) is 5.91 Å². The molecule has 23 heavy (non-hydrogen) atoms. The maximum atomic E-state index is 12.7. The number of H-pyrrole nitrogens is 1. The van der Waals surface area contributed by atoms with Gasteiger partial charge in [0.05, 0.1) is 5.56 Å². The lowest BCUT2D eigenvalue weighted by atomic mass is 9.93. The Hall–Kier alpha value is -2.24. The molecule has 6 heteroatoms. The molecule has 1 atom stereocenters. The summed E-state index contributed by atoms with van der Waals surface area (Å²) in [6.07, 6.45) is 10.7. The second-order valence-corrected chi connectivity index (χ2v) is 6.65. The Kier molecular flexibility index (Phi) is 3.81. The average molecular weight is 311 g/mol. The van der Waals surface area contributed by atoms with E-state index >= 15 is 0 Å². The van der Waals surface area contributed by atoms with E-state index in [2.05, 4.69) is 20.2 Å². The highest BCUT2D eigenvalue weighted by Crippen LogP contribution is 2.37. The van der Waals surface area contributed by atoms with Crippen LogP contribution in [0.1, 0.15) is 53.5 Å². The largest absolute Gasteiger partial charge is 0.338 e. The van der Waals surface area contributed by atoms with E-state index in [1.165, 1.54) is 12.8 Å². The van der Waals surface area contributed by atoms with Gasteiger partial charge in [0.1, 0.15) is 5.82 Å². The molecule has 2 aromatic heterocycles. The molecule has 6 nitrogen and oxygen atoms in total. The SMILES string of the molecule is O=C(c1cnc(C2CC2)nc1)N1CCC[C@H](Cc2ccn[nH]2)C1. The molecule has 2 fully saturated rings. The summed E-state index contributed by atoms with van der Waals surface area (Å²) in [5.41, 5.74) is 1.75. The van der Waals surface area contributed by atoms with Crippen molar-refractivity contribution in [1.29, 1.82) is 0 Å². The number of piperidine rings is 1. The van der Waals surface area contributed by atoms with Crippen LogP contribution >= 0.6 is 0 Å². The molecular formula is C17H21N5O. The number of nitrogens with zero attached hydrogens (tertiary/aromatic N) is 4. The molecule has 2 aliphatic rings. The van der Waals surface area contributed by atoms with Crippen molar-refractivity contribution < 1.29 is 4.79 Å². The Morgan fingerprint density at radius 1 is 1.26 bits per heavy atom.